The van der Waals surface area contributed by atoms with Crippen LogP contribution >= 0.6 is 0 Å². The summed E-state index contributed by atoms with van der Waals surface area (Å²) in [6.45, 7) is 2.87. The van der Waals surface area contributed by atoms with Crippen molar-refractivity contribution < 1.29 is 9.47 Å². The Bertz CT molecular complexity index is 419. The Balaban J connectivity index is 2.54. The highest BCUT2D eigenvalue weighted by molar-refractivity contribution is 5.53. The van der Waals surface area contributed by atoms with Crippen LogP contribution in [0.1, 0.15) is 37.3 Å². The first-order valence-corrected chi connectivity index (χ1v) is 6.66. The molecule has 2 rings (SSSR count). The molecule has 2 N–H and O–H groups in total. The van der Waals surface area contributed by atoms with Gasteiger partial charge in [0.1, 0.15) is 0 Å². The van der Waals surface area contributed by atoms with Crippen LogP contribution in [-0.2, 0) is 11.8 Å². The van der Waals surface area contributed by atoms with Crippen LogP contribution in [0.4, 0.5) is 0 Å². The van der Waals surface area contributed by atoms with E-state index in [-0.39, 0.29) is 5.41 Å². The molecule has 0 saturated heterocycles. The third-order valence-corrected chi connectivity index (χ3v) is 4.27. The Morgan fingerprint density at radius 1 is 1.22 bits per heavy atom. The molecule has 1 aromatic carbocycles. The summed E-state index contributed by atoms with van der Waals surface area (Å²) in [7, 11) is 3.38. The van der Waals surface area contributed by atoms with Crippen molar-refractivity contribution in [1.29, 1.82) is 0 Å². The standard InChI is InChI=1S/C15H23NO2/c1-4-11-12(15(10-16)8-5-9-15)6-7-13(17-2)14(11)18-3/h6-7H,4-5,8-10,16H2,1-3H3. The summed E-state index contributed by atoms with van der Waals surface area (Å²) in [5.41, 5.74) is 8.80. The van der Waals surface area contributed by atoms with Gasteiger partial charge in [-0.25, -0.2) is 0 Å². The van der Waals surface area contributed by atoms with E-state index in [1.165, 1.54) is 30.4 Å². The Morgan fingerprint density at radius 3 is 2.33 bits per heavy atom. The molecule has 1 saturated carbocycles. The van der Waals surface area contributed by atoms with Gasteiger partial charge in [0.2, 0.25) is 0 Å². The molecular formula is C15H23NO2. The van der Waals surface area contributed by atoms with Gasteiger partial charge in [-0.15, -0.1) is 0 Å². The smallest absolute Gasteiger partial charge is 0.164 e. The Labute approximate surface area is 109 Å². The monoisotopic (exact) mass is 249 g/mol. The third kappa shape index (κ3) is 1.87. The van der Waals surface area contributed by atoms with E-state index in [0.29, 0.717) is 0 Å². The van der Waals surface area contributed by atoms with Gasteiger partial charge >= 0.3 is 0 Å². The quantitative estimate of drug-likeness (QED) is 0.872. The van der Waals surface area contributed by atoms with Gasteiger partial charge in [-0.1, -0.05) is 19.4 Å². The number of methoxy groups -OCH3 is 2. The van der Waals surface area contributed by atoms with E-state index < -0.39 is 0 Å². The molecule has 1 aliphatic rings. The van der Waals surface area contributed by atoms with Crippen LogP contribution in [0.3, 0.4) is 0 Å². The molecule has 1 aliphatic carbocycles. The lowest BCUT2D eigenvalue weighted by atomic mass is 9.63. The minimum Gasteiger partial charge on any atom is -0.493 e. The van der Waals surface area contributed by atoms with Crippen molar-refractivity contribution >= 4 is 0 Å². The van der Waals surface area contributed by atoms with E-state index in [1.54, 1.807) is 14.2 Å². The Hall–Kier alpha value is -1.22. The van der Waals surface area contributed by atoms with Crippen LogP contribution in [0, 0.1) is 0 Å². The Kier molecular flexibility index (Phi) is 3.81. The van der Waals surface area contributed by atoms with E-state index in [4.69, 9.17) is 15.2 Å². The molecule has 0 heterocycles. The molecule has 0 aliphatic heterocycles. The molecule has 0 atom stereocenters. The first kappa shape index (κ1) is 13.2. The maximum absolute atomic E-state index is 6.01. The lowest BCUT2D eigenvalue weighted by molar-refractivity contribution is 0.249. The summed E-state index contributed by atoms with van der Waals surface area (Å²) in [5, 5.41) is 0. The largest absolute Gasteiger partial charge is 0.493 e. The fraction of sp³-hybridized carbons (Fsp3) is 0.600. The van der Waals surface area contributed by atoms with E-state index in [0.717, 1.165) is 24.5 Å². The van der Waals surface area contributed by atoms with E-state index in [1.807, 2.05) is 6.07 Å². The van der Waals surface area contributed by atoms with Crippen molar-refractivity contribution in [3.63, 3.8) is 0 Å². The van der Waals surface area contributed by atoms with Crippen LogP contribution < -0.4 is 15.2 Å². The predicted molar refractivity (Wildman–Crippen MR) is 73.5 cm³/mol. The van der Waals surface area contributed by atoms with Crippen LogP contribution in [0.25, 0.3) is 0 Å². The zero-order valence-electron chi connectivity index (χ0n) is 11.6. The highest BCUT2D eigenvalue weighted by Gasteiger charge is 2.39. The highest BCUT2D eigenvalue weighted by atomic mass is 16.5. The van der Waals surface area contributed by atoms with Gasteiger partial charge in [0.25, 0.3) is 0 Å². The van der Waals surface area contributed by atoms with Crippen molar-refractivity contribution in [3.8, 4) is 11.5 Å². The Morgan fingerprint density at radius 2 is 1.94 bits per heavy atom. The van der Waals surface area contributed by atoms with Crippen molar-refractivity contribution in [2.45, 2.75) is 38.0 Å². The minimum atomic E-state index is 0.172. The lowest BCUT2D eigenvalue weighted by Gasteiger charge is -2.43. The second-order valence-corrected chi connectivity index (χ2v) is 5.02. The average molecular weight is 249 g/mol. The zero-order valence-corrected chi connectivity index (χ0v) is 11.6. The molecule has 0 radical (unpaired) electrons. The average Bonchev–Trinajstić information content (AvgIpc) is 2.37. The number of ether oxygens (including phenoxy) is 2. The molecule has 0 spiro atoms. The van der Waals surface area contributed by atoms with Gasteiger partial charge in [0.15, 0.2) is 11.5 Å². The summed E-state index contributed by atoms with van der Waals surface area (Å²) >= 11 is 0. The lowest BCUT2D eigenvalue weighted by Crippen LogP contribution is -2.42. The van der Waals surface area contributed by atoms with Gasteiger partial charge in [-0.2, -0.15) is 0 Å². The SMILES string of the molecule is CCc1c(C2(CN)CCC2)ccc(OC)c1OC. The van der Waals surface area contributed by atoms with Crippen molar-refractivity contribution in [3.05, 3.63) is 23.3 Å². The number of hydrogen-bond acceptors (Lipinski definition) is 3. The number of nitrogens with two attached hydrogens (primary N) is 1. The molecule has 3 nitrogen and oxygen atoms in total. The first-order valence-electron chi connectivity index (χ1n) is 6.66. The molecular weight excluding hydrogens is 226 g/mol. The van der Waals surface area contributed by atoms with Crippen LogP contribution in [0.2, 0.25) is 0 Å². The zero-order chi connectivity index (χ0) is 13.2. The topological polar surface area (TPSA) is 44.5 Å². The molecule has 100 valence electrons. The normalized spacial score (nSPS) is 17.1. The summed E-state index contributed by atoms with van der Waals surface area (Å²) in [6, 6.07) is 4.18. The first-order chi connectivity index (χ1) is 8.72. The van der Waals surface area contributed by atoms with Crippen LogP contribution in [0.15, 0.2) is 12.1 Å². The molecule has 3 heteroatoms. The second-order valence-electron chi connectivity index (χ2n) is 5.02. The van der Waals surface area contributed by atoms with Gasteiger partial charge < -0.3 is 15.2 Å². The van der Waals surface area contributed by atoms with Crippen molar-refractivity contribution in [2.24, 2.45) is 5.73 Å². The summed E-state index contributed by atoms with van der Waals surface area (Å²) in [6.07, 6.45) is 4.59. The summed E-state index contributed by atoms with van der Waals surface area (Å²) in [4.78, 5) is 0. The molecule has 0 aromatic heterocycles. The number of hydrogen-bond donors (Lipinski definition) is 1. The summed E-state index contributed by atoms with van der Waals surface area (Å²) < 4.78 is 10.9. The highest BCUT2D eigenvalue weighted by Crippen LogP contribution is 2.47. The van der Waals surface area contributed by atoms with Crippen molar-refractivity contribution in [1.82, 2.24) is 0 Å². The molecule has 0 amide bonds. The van der Waals surface area contributed by atoms with Crippen LogP contribution in [0.5, 0.6) is 11.5 Å². The van der Waals surface area contributed by atoms with E-state index in [2.05, 4.69) is 13.0 Å². The predicted octanol–water partition coefficient (Wildman–Crippen LogP) is 2.65. The van der Waals surface area contributed by atoms with Gasteiger partial charge in [-0.3, -0.25) is 0 Å². The molecule has 0 unspecified atom stereocenters. The van der Waals surface area contributed by atoms with E-state index >= 15 is 0 Å². The maximum Gasteiger partial charge on any atom is 0.164 e. The third-order valence-electron chi connectivity index (χ3n) is 4.27. The number of rotatable bonds is 5. The summed E-state index contributed by atoms with van der Waals surface area (Å²) in [5.74, 6) is 1.68. The maximum atomic E-state index is 6.01. The van der Waals surface area contributed by atoms with E-state index in [9.17, 15) is 0 Å². The second kappa shape index (κ2) is 5.19. The van der Waals surface area contributed by atoms with Crippen LogP contribution in [-0.4, -0.2) is 20.8 Å². The minimum absolute atomic E-state index is 0.172. The molecule has 1 fully saturated rings. The number of benzene rings is 1. The fourth-order valence-electron chi connectivity index (χ4n) is 3.03. The van der Waals surface area contributed by atoms with Gasteiger partial charge in [0.05, 0.1) is 14.2 Å². The molecule has 18 heavy (non-hydrogen) atoms. The molecule has 0 bridgehead atoms. The molecule has 1 aromatic rings. The fourth-order valence-corrected chi connectivity index (χ4v) is 3.03. The van der Waals surface area contributed by atoms with Crippen molar-refractivity contribution in [2.75, 3.05) is 20.8 Å². The van der Waals surface area contributed by atoms with Gasteiger partial charge in [0, 0.05) is 17.5 Å². The van der Waals surface area contributed by atoms with Gasteiger partial charge in [-0.05, 0) is 30.9 Å².